The van der Waals surface area contributed by atoms with E-state index in [1.54, 1.807) is 12.1 Å². The van der Waals surface area contributed by atoms with Gasteiger partial charge >= 0.3 is 12.5 Å². The van der Waals surface area contributed by atoms with Crippen molar-refractivity contribution in [2.75, 3.05) is 0 Å². The molecule has 0 spiro atoms. The summed E-state index contributed by atoms with van der Waals surface area (Å²) >= 11 is 0. The molecule has 0 saturated heterocycles. The van der Waals surface area contributed by atoms with Gasteiger partial charge in [0.25, 0.3) is 0 Å². The number of para-hydroxylation sites is 1. The third kappa shape index (κ3) is 4.49. The van der Waals surface area contributed by atoms with Gasteiger partial charge in [-0.1, -0.05) is 37.5 Å². The van der Waals surface area contributed by atoms with Gasteiger partial charge in [-0.05, 0) is 24.8 Å². The van der Waals surface area contributed by atoms with Gasteiger partial charge in [0.1, 0.15) is 5.75 Å². The predicted molar refractivity (Wildman–Crippen MR) is 78.8 cm³/mol. The molecular weight excluding hydrogens is 322 g/mol. The average Bonchev–Trinajstić information content (AvgIpc) is 2.47. The Kier molecular flexibility index (Phi) is 6.94. The fourth-order valence-electron chi connectivity index (χ4n) is 2.79. The number of benzene rings is 1. The van der Waals surface area contributed by atoms with Crippen molar-refractivity contribution >= 4 is 12.4 Å². The summed E-state index contributed by atoms with van der Waals surface area (Å²) in [5.74, 6) is -0.0930. The molecule has 22 heavy (non-hydrogen) atoms. The number of rotatable bonds is 5. The summed E-state index contributed by atoms with van der Waals surface area (Å²) in [5.41, 5.74) is 6.52. The van der Waals surface area contributed by atoms with Gasteiger partial charge in [-0.3, -0.25) is 0 Å². The van der Waals surface area contributed by atoms with Crippen LogP contribution >= 0.6 is 12.4 Å². The van der Waals surface area contributed by atoms with Crippen molar-refractivity contribution < 1.29 is 22.3 Å². The molecule has 0 heterocycles. The zero-order valence-corrected chi connectivity index (χ0v) is 12.8. The molecule has 1 aliphatic rings. The first-order valence-corrected chi connectivity index (χ1v) is 7.11. The summed E-state index contributed by atoms with van der Waals surface area (Å²) in [6, 6.07) is 5.46. The minimum Gasteiger partial charge on any atom is -0.428 e. The molecule has 2 rings (SSSR count). The van der Waals surface area contributed by atoms with Gasteiger partial charge in [-0.25, -0.2) is 0 Å². The molecule has 0 aliphatic heterocycles. The van der Waals surface area contributed by atoms with E-state index in [9.17, 15) is 17.6 Å². The highest BCUT2D eigenvalue weighted by Gasteiger charge is 2.44. The number of alkyl halides is 4. The quantitative estimate of drug-likeness (QED) is 0.771. The van der Waals surface area contributed by atoms with Crippen molar-refractivity contribution in [2.45, 2.75) is 50.7 Å². The number of nitrogens with two attached hydrogens (primary N) is 1. The van der Waals surface area contributed by atoms with E-state index in [2.05, 4.69) is 4.74 Å². The van der Waals surface area contributed by atoms with Crippen LogP contribution in [-0.4, -0.2) is 12.5 Å². The Morgan fingerprint density at radius 2 is 1.68 bits per heavy atom. The first kappa shape index (κ1) is 19.0. The van der Waals surface area contributed by atoms with Crippen LogP contribution in [0.15, 0.2) is 24.3 Å². The van der Waals surface area contributed by atoms with Crippen LogP contribution < -0.4 is 10.5 Å². The zero-order valence-electron chi connectivity index (χ0n) is 12.0. The van der Waals surface area contributed by atoms with Gasteiger partial charge in [0.15, 0.2) is 0 Å². The van der Waals surface area contributed by atoms with Crippen LogP contribution in [0.4, 0.5) is 17.6 Å². The molecule has 1 atom stereocenters. The lowest BCUT2D eigenvalue weighted by atomic mass is 9.81. The van der Waals surface area contributed by atoms with Gasteiger partial charge in [-0.2, -0.15) is 17.6 Å². The highest BCUT2D eigenvalue weighted by molar-refractivity contribution is 5.85. The van der Waals surface area contributed by atoms with Gasteiger partial charge in [-0.15, -0.1) is 12.4 Å². The van der Waals surface area contributed by atoms with Gasteiger partial charge in [0.2, 0.25) is 0 Å². The Bertz CT molecular complexity index is 467. The van der Waals surface area contributed by atoms with Gasteiger partial charge in [0, 0.05) is 11.6 Å². The minimum absolute atomic E-state index is 0. The standard InChI is InChI=1S/C15H19F4NO.ClH/c16-14(17)15(18,19)21-12-9-5-4-8-11(12)13(20)10-6-2-1-3-7-10;/h4-5,8-10,13-14H,1-3,6-7,20H2;1H/t13-;/m1./s1. The van der Waals surface area contributed by atoms with Crippen molar-refractivity contribution in [3.05, 3.63) is 29.8 Å². The van der Waals surface area contributed by atoms with Crippen molar-refractivity contribution in [3.63, 3.8) is 0 Å². The maximum Gasteiger partial charge on any atom is 0.461 e. The second-order valence-electron chi connectivity index (χ2n) is 5.43. The highest BCUT2D eigenvalue weighted by Crippen LogP contribution is 2.38. The van der Waals surface area contributed by atoms with Crippen LogP contribution in [-0.2, 0) is 0 Å². The van der Waals surface area contributed by atoms with E-state index in [1.807, 2.05) is 0 Å². The molecule has 0 bridgehead atoms. The lowest BCUT2D eigenvalue weighted by Gasteiger charge is -2.29. The average molecular weight is 342 g/mol. The van der Waals surface area contributed by atoms with Crippen molar-refractivity contribution in [2.24, 2.45) is 11.7 Å². The van der Waals surface area contributed by atoms with E-state index in [4.69, 9.17) is 5.73 Å². The first-order chi connectivity index (χ1) is 9.92. The summed E-state index contributed by atoms with van der Waals surface area (Å²) in [6.07, 6.45) is -3.31. The van der Waals surface area contributed by atoms with Crippen molar-refractivity contribution in [3.8, 4) is 5.75 Å². The van der Waals surface area contributed by atoms with E-state index in [-0.39, 0.29) is 24.1 Å². The maximum absolute atomic E-state index is 13.1. The maximum atomic E-state index is 13.1. The lowest BCUT2D eigenvalue weighted by Crippen LogP contribution is -2.34. The molecule has 0 aromatic heterocycles. The molecule has 126 valence electrons. The van der Waals surface area contributed by atoms with E-state index < -0.39 is 18.6 Å². The lowest BCUT2D eigenvalue weighted by molar-refractivity contribution is -0.253. The molecule has 1 aromatic carbocycles. The van der Waals surface area contributed by atoms with Crippen LogP contribution in [0.25, 0.3) is 0 Å². The fourth-order valence-corrected chi connectivity index (χ4v) is 2.79. The molecule has 0 unspecified atom stereocenters. The van der Waals surface area contributed by atoms with Gasteiger partial charge in [0.05, 0.1) is 0 Å². The number of hydrogen-bond donors (Lipinski definition) is 1. The van der Waals surface area contributed by atoms with Crippen LogP contribution in [0.2, 0.25) is 0 Å². The van der Waals surface area contributed by atoms with Crippen LogP contribution in [0.3, 0.4) is 0 Å². The van der Waals surface area contributed by atoms with E-state index >= 15 is 0 Å². The van der Waals surface area contributed by atoms with Crippen molar-refractivity contribution in [1.82, 2.24) is 0 Å². The molecular formula is C15H20ClF4NO. The SMILES string of the molecule is Cl.N[C@@H](c1ccccc1OC(F)(F)C(F)F)C1CCCCC1. The summed E-state index contributed by atoms with van der Waals surface area (Å²) in [6.45, 7) is 0. The molecule has 1 fully saturated rings. The van der Waals surface area contributed by atoms with Crippen molar-refractivity contribution in [1.29, 1.82) is 0 Å². The zero-order chi connectivity index (χ0) is 15.5. The molecule has 7 heteroatoms. The summed E-state index contributed by atoms with van der Waals surface area (Å²) in [4.78, 5) is 0. The van der Waals surface area contributed by atoms with Crippen LogP contribution in [0, 0.1) is 5.92 Å². The van der Waals surface area contributed by atoms with E-state index in [0.717, 1.165) is 32.1 Å². The number of halogens is 5. The third-order valence-corrected chi connectivity index (χ3v) is 3.94. The highest BCUT2D eigenvalue weighted by atomic mass is 35.5. The molecule has 0 radical (unpaired) electrons. The largest absolute Gasteiger partial charge is 0.461 e. The summed E-state index contributed by atoms with van der Waals surface area (Å²) < 4.78 is 55.0. The normalized spacial score (nSPS) is 17.9. The molecule has 1 saturated carbocycles. The monoisotopic (exact) mass is 341 g/mol. The molecule has 2 N–H and O–H groups in total. The molecule has 1 aromatic rings. The Hall–Kier alpha value is -1.01. The Labute approximate surface area is 133 Å². The topological polar surface area (TPSA) is 35.2 Å². The third-order valence-electron chi connectivity index (χ3n) is 3.94. The second kappa shape index (κ2) is 8.02. The number of ether oxygens (including phenoxy) is 1. The van der Waals surface area contributed by atoms with Crippen LogP contribution in [0.5, 0.6) is 5.75 Å². The predicted octanol–water partition coefficient (Wildman–Crippen LogP) is 4.93. The minimum atomic E-state index is -4.51. The molecule has 2 nitrogen and oxygen atoms in total. The smallest absolute Gasteiger partial charge is 0.428 e. The molecule has 1 aliphatic carbocycles. The van der Waals surface area contributed by atoms with E-state index in [0.29, 0.717) is 5.56 Å². The fraction of sp³-hybridized carbons (Fsp3) is 0.600. The number of hydrogen-bond acceptors (Lipinski definition) is 2. The Balaban J connectivity index is 0.00000242. The summed E-state index contributed by atoms with van der Waals surface area (Å²) in [5, 5.41) is 0. The van der Waals surface area contributed by atoms with E-state index in [1.165, 1.54) is 12.1 Å². The van der Waals surface area contributed by atoms with Crippen LogP contribution in [0.1, 0.15) is 43.7 Å². The Morgan fingerprint density at radius 3 is 2.27 bits per heavy atom. The first-order valence-electron chi connectivity index (χ1n) is 7.11. The molecule has 0 amide bonds. The Morgan fingerprint density at radius 1 is 1.09 bits per heavy atom. The summed E-state index contributed by atoms with van der Waals surface area (Å²) in [7, 11) is 0. The second-order valence-corrected chi connectivity index (χ2v) is 5.43. The van der Waals surface area contributed by atoms with Gasteiger partial charge < -0.3 is 10.5 Å².